The van der Waals surface area contributed by atoms with Gasteiger partial charge < -0.3 is 25.9 Å². The Balaban J connectivity index is 2.11. The van der Waals surface area contributed by atoms with Crippen molar-refractivity contribution in [2.24, 2.45) is 5.73 Å². The second-order valence-corrected chi connectivity index (χ2v) is 6.87. The van der Waals surface area contributed by atoms with Crippen LogP contribution in [0.5, 0.6) is 5.75 Å². The van der Waals surface area contributed by atoms with Crippen LogP contribution in [0, 0.1) is 6.92 Å². The molecule has 0 bridgehead atoms. The largest absolute Gasteiger partial charge is 0.490 e. The van der Waals surface area contributed by atoms with Crippen LogP contribution in [0.2, 0.25) is 0 Å². The van der Waals surface area contributed by atoms with Gasteiger partial charge in [0.15, 0.2) is 0 Å². The highest BCUT2D eigenvalue weighted by molar-refractivity contribution is 5.99. The second-order valence-electron chi connectivity index (χ2n) is 6.87. The van der Waals surface area contributed by atoms with Crippen molar-refractivity contribution < 1.29 is 14.6 Å². The van der Waals surface area contributed by atoms with Gasteiger partial charge in [-0.3, -0.25) is 4.79 Å². The molecule has 0 saturated heterocycles. The van der Waals surface area contributed by atoms with Gasteiger partial charge in [0.05, 0.1) is 0 Å². The lowest BCUT2D eigenvalue weighted by molar-refractivity contribution is 0.0995. The highest BCUT2D eigenvalue weighted by Gasteiger charge is 2.15. The summed E-state index contributed by atoms with van der Waals surface area (Å²) in [6, 6.07) is 5.48. The molecule has 1 aromatic carbocycles. The van der Waals surface area contributed by atoms with Crippen molar-refractivity contribution in [1.29, 1.82) is 0 Å². The van der Waals surface area contributed by atoms with Crippen LogP contribution in [-0.4, -0.2) is 40.8 Å². The molecule has 2 aromatic rings. The van der Waals surface area contributed by atoms with E-state index in [1.807, 2.05) is 39.8 Å². The van der Waals surface area contributed by atoms with E-state index in [-0.39, 0.29) is 12.1 Å². The number of primary amides is 1. The minimum atomic E-state index is -0.626. The predicted octanol–water partition coefficient (Wildman–Crippen LogP) is 1.70. The number of fused-ring (bicyclic) bond motifs is 1. The van der Waals surface area contributed by atoms with E-state index in [0.717, 1.165) is 16.5 Å². The standard InChI is InChI=1S/C17H25N3O3/c1-10-5-13-12(7-14(20-13)16(18)22)15(6-10)23-9-11(21)8-19-17(2,3)4/h5-7,11,19-21H,8-9H2,1-4H3,(H2,18,22). The lowest BCUT2D eigenvalue weighted by Gasteiger charge is -2.23. The molecular formula is C17H25N3O3. The van der Waals surface area contributed by atoms with E-state index in [0.29, 0.717) is 18.0 Å². The molecule has 6 nitrogen and oxygen atoms in total. The van der Waals surface area contributed by atoms with Crippen LogP contribution < -0.4 is 15.8 Å². The molecule has 0 saturated carbocycles. The summed E-state index contributed by atoms with van der Waals surface area (Å²) in [7, 11) is 0. The summed E-state index contributed by atoms with van der Waals surface area (Å²) in [6.45, 7) is 8.66. The number of aryl methyl sites for hydroxylation is 1. The van der Waals surface area contributed by atoms with Crippen LogP contribution in [0.15, 0.2) is 18.2 Å². The fraction of sp³-hybridized carbons (Fsp3) is 0.471. The molecule has 0 spiro atoms. The van der Waals surface area contributed by atoms with E-state index >= 15 is 0 Å². The third kappa shape index (κ3) is 4.71. The molecule has 1 amide bonds. The summed E-state index contributed by atoms with van der Waals surface area (Å²) in [6.07, 6.45) is -0.626. The maximum Gasteiger partial charge on any atom is 0.265 e. The number of carbonyl (C=O) groups is 1. The monoisotopic (exact) mass is 319 g/mol. The third-order valence-corrected chi connectivity index (χ3v) is 3.41. The molecule has 6 heteroatoms. The maximum atomic E-state index is 11.3. The zero-order valence-corrected chi connectivity index (χ0v) is 14.1. The number of aliphatic hydroxyl groups excluding tert-OH is 1. The minimum Gasteiger partial charge on any atom is -0.490 e. The Kier molecular flexibility index (Phi) is 4.97. The van der Waals surface area contributed by atoms with Crippen LogP contribution >= 0.6 is 0 Å². The summed E-state index contributed by atoms with van der Waals surface area (Å²) in [5.74, 6) is 0.109. The van der Waals surface area contributed by atoms with Gasteiger partial charge in [0.25, 0.3) is 5.91 Å². The third-order valence-electron chi connectivity index (χ3n) is 3.41. The zero-order chi connectivity index (χ0) is 17.2. The number of ether oxygens (including phenoxy) is 1. The summed E-state index contributed by atoms with van der Waals surface area (Å²) >= 11 is 0. The number of rotatable bonds is 6. The number of amides is 1. The van der Waals surface area contributed by atoms with Crippen molar-refractivity contribution in [3.05, 3.63) is 29.5 Å². The first-order valence-electron chi connectivity index (χ1n) is 7.65. The molecule has 0 aliphatic rings. The number of aromatic amines is 1. The van der Waals surface area contributed by atoms with Crippen LogP contribution in [0.4, 0.5) is 0 Å². The molecule has 1 aromatic heterocycles. The lowest BCUT2D eigenvalue weighted by atomic mass is 10.1. The fourth-order valence-electron chi connectivity index (χ4n) is 2.26. The van der Waals surface area contributed by atoms with Gasteiger partial charge in [-0.25, -0.2) is 0 Å². The van der Waals surface area contributed by atoms with E-state index in [9.17, 15) is 9.90 Å². The summed E-state index contributed by atoms with van der Waals surface area (Å²) < 4.78 is 5.76. The van der Waals surface area contributed by atoms with Crippen molar-refractivity contribution in [2.75, 3.05) is 13.2 Å². The number of aromatic nitrogens is 1. The molecule has 1 unspecified atom stereocenters. The Labute approximate surface area is 136 Å². The van der Waals surface area contributed by atoms with Crippen LogP contribution in [0.25, 0.3) is 10.9 Å². The normalized spacial score (nSPS) is 13.3. The first-order valence-corrected chi connectivity index (χ1v) is 7.65. The lowest BCUT2D eigenvalue weighted by Crippen LogP contribution is -2.42. The molecule has 0 aliphatic heterocycles. The average molecular weight is 319 g/mol. The van der Waals surface area contributed by atoms with E-state index in [1.165, 1.54) is 0 Å². The summed E-state index contributed by atoms with van der Waals surface area (Å²) in [4.78, 5) is 14.3. The molecular weight excluding hydrogens is 294 g/mol. The molecule has 0 aliphatic carbocycles. The smallest absolute Gasteiger partial charge is 0.265 e. The Hall–Kier alpha value is -2.05. The first kappa shape index (κ1) is 17.3. The molecule has 1 heterocycles. The number of hydrogen-bond acceptors (Lipinski definition) is 4. The number of nitrogens with one attached hydrogen (secondary N) is 2. The number of aliphatic hydroxyl groups is 1. The average Bonchev–Trinajstić information content (AvgIpc) is 2.85. The van der Waals surface area contributed by atoms with Gasteiger partial charge in [-0.15, -0.1) is 0 Å². The number of H-pyrrole nitrogens is 1. The van der Waals surface area contributed by atoms with Crippen molar-refractivity contribution in [3.63, 3.8) is 0 Å². The number of hydrogen-bond donors (Lipinski definition) is 4. The number of benzene rings is 1. The predicted molar refractivity (Wildman–Crippen MR) is 90.8 cm³/mol. The van der Waals surface area contributed by atoms with Crippen LogP contribution in [0.1, 0.15) is 36.8 Å². The Morgan fingerprint density at radius 1 is 1.39 bits per heavy atom. The SMILES string of the molecule is Cc1cc(OCC(O)CNC(C)(C)C)c2cc(C(N)=O)[nH]c2c1. The van der Waals surface area contributed by atoms with Gasteiger partial charge in [-0.1, -0.05) is 0 Å². The van der Waals surface area contributed by atoms with Gasteiger partial charge in [0, 0.05) is 23.0 Å². The Bertz CT molecular complexity index is 701. The summed E-state index contributed by atoms with van der Waals surface area (Å²) in [5, 5.41) is 14.0. The van der Waals surface area contributed by atoms with E-state index in [2.05, 4.69) is 10.3 Å². The molecule has 23 heavy (non-hydrogen) atoms. The quantitative estimate of drug-likeness (QED) is 0.651. The van der Waals surface area contributed by atoms with Crippen molar-refractivity contribution in [3.8, 4) is 5.75 Å². The van der Waals surface area contributed by atoms with Crippen LogP contribution in [-0.2, 0) is 0 Å². The van der Waals surface area contributed by atoms with Gasteiger partial charge in [0.2, 0.25) is 0 Å². The van der Waals surface area contributed by atoms with Gasteiger partial charge in [-0.2, -0.15) is 0 Å². The Morgan fingerprint density at radius 2 is 2.09 bits per heavy atom. The van der Waals surface area contributed by atoms with Gasteiger partial charge in [0.1, 0.15) is 24.2 Å². The zero-order valence-electron chi connectivity index (χ0n) is 14.1. The molecule has 2 rings (SSSR count). The maximum absolute atomic E-state index is 11.3. The van der Waals surface area contributed by atoms with Gasteiger partial charge >= 0.3 is 0 Å². The van der Waals surface area contributed by atoms with E-state index in [4.69, 9.17) is 10.5 Å². The topological polar surface area (TPSA) is 100 Å². The molecule has 0 fully saturated rings. The van der Waals surface area contributed by atoms with Crippen molar-refractivity contribution in [2.45, 2.75) is 39.3 Å². The molecule has 126 valence electrons. The number of β-amino-alcohol motifs (C(OH)–C–C–N with tert-alkyl or cyclic N) is 1. The summed E-state index contributed by atoms with van der Waals surface area (Å²) in [5.41, 5.74) is 7.37. The number of carbonyl (C=O) groups excluding carboxylic acids is 1. The molecule has 5 N–H and O–H groups in total. The van der Waals surface area contributed by atoms with E-state index < -0.39 is 12.0 Å². The van der Waals surface area contributed by atoms with Crippen LogP contribution in [0.3, 0.4) is 0 Å². The fourth-order valence-corrected chi connectivity index (χ4v) is 2.26. The van der Waals surface area contributed by atoms with Crippen molar-refractivity contribution in [1.82, 2.24) is 10.3 Å². The first-order chi connectivity index (χ1) is 10.7. The Morgan fingerprint density at radius 3 is 2.70 bits per heavy atom. The number of nitrogens with two attached hydrogens (primary N) is 1. The van der Waals surface area contributed by atoms with Crippen molar-refractivity contribution >= 4 is 16.8 Å². The van der Waals surface area contributed by atoms with E-state index in [1.54, 1.807) is 6.07 Å². The molecule has 0 radical (unpaired) electrons. The second kappa shape index (κ2) is 6.60. The highest BCUT2D eigenvalue weighted by atomic mass is 16.5. The molecule has 1 atom stereocenters. The minimum absolute atomic E-state index is 0.0609. The highest BCUT2D eigenvalue weighted by Crippen LogP contribution is 2.28. The van der Waals surface area contributed by atoms with Gasteiger partial charge in [-0.05, 0) is 51.5 Å².